The molecule has 0 bridgehead atoms. The van der Waals surface area contributed by atoms with Crippen LogP contribution in [0.25, 0.3) is 0 Å². The van der Waals surface area contributed by atoms with E-state index >= 15 is 0 Å². The minimum Gasteiger partial charge on any atom is -0.380 e. The topological polar surface area (TPSA) is 12.5 Å². The van der Waals surface area contributed by atoms with Crippen molar-refractivity contribution in [3.05, 3.63) is 29.3 Å². The Labute approximate surface area is 104 Å². The first-order valence-electron chi connectivity index (χ1n) is 5.47. The molecule has 0 N–H and O–H groups in total. The second-order valence-corrected chi connectivity index (χ2v) is 4.40. The Morgan fingerprint density at radius 1 is 1.41 bits per heavy atom. The van der Waals surface area contributed by atoms with Crippen LogP contribution >= 0.6 is 11.6 Å². The molecule has 1 fully saturated rings. The largest absolute Gasteiger partial charge is 0.380 e. The van der Waals surface area contributed by atoms with Gasteiger partial charge in [-0.25, -0.2) is 8.78 Å². The summed E-state index contributed by atoms with van der Waals surface area (Å²) in [4.78, 5) is 1.68. The van der Waals surface area contributed by atoms with Crippen molar-refractivity contribution in [3.63, 3.8) is 0 Å². The number of nitrogens with zero attached hydrogens (tertiary/aromatic N) is 1. The number of methoxy groups -OCH3 is 1. The third-order valence-corrected chi connectivity index (χ3v) is 3.33. The molecule has 1 aromatic rings. The van der Waals surface area contributed by atoms with Crippen LogP contribution in [0.15, 0.2) is 12.1 Å². The van der Waals surface area contributed by atoms with Crippen LogP contribution in [0.1, 0.15) is 12.0 Å². The lowest BCUT2D eigenvalue weighted by Crippen LogP contribution is -2.24. The molecule has 0 radical (unpaired) electrons. The molecule has 1 aromatic carbocycles. The van der Waals surface area contributed by atoms with E-state index in [4.69, 9.17) is 16.3 Å². The van der Waals surface area contributed by atoms with Gasteiger partial charge in [0.2, 0.25) is 0 Å². The Kier molecular flexibility index (Phi) is 3.84. The number of alkyl halides is 1. The van der Waals surface area contributed by atoms with Crippen LogP contribution in [0.3, 0.4) is 0 Å². The first-order valence-corrected chi connectivity index (χ1v) is 6.00. The fourth-order valence-electron chi connectivity index (χ4n) is 2.12. The lowest BCUT2D eigenvalue weighted by atomic mass is 10.2. The SMILES string of the molecule is COC1CCN(c2c(F)cc(CCl)cc2F)C1. The lowest BCUT2D eigenvalue weighted by Gasteiger charge is -2.20. The molecular formula is C12H14ClF2NO. The smallest absolute Gasteiger partial charge is 0.149 e. The van der Waals surface area contributed by atoms with Gasteiger partial charge < -0.3 is 9.64 Å². The Hall–Kier alpha value is -0.870. The standard InChI is InChI=1S/C12H14ClF2NO/c1-17-9-2-3-16(7-9)12-10(14)4-8(6-13)5-11(12)15/h4-5,9H,2-3,6-7H2,1H3. The summed E-state index contributed by atoms with van der Waals surface area (Å²) in [5.41, 5.74) is 0.478. The van der Waals surface area contributed by atoms with E-state index in [1.54, 1.807) is 12.0 Å². The molecule has 1 heterocycles. The predicted molar refractivity (Wildman–Crippen MR) is 63.5 cm³/mol. The average molecular weight is 262 g/mol. The summed E-state index contributed by atoms with van der Waals surface area (Å²) in [7, 11) is 1.61. The summed E-state index contributed by atoms with van der Waals surface area (Å²) in [6.07, 6.45) is 0.827. The molecule has 0 saturated carbocycles. The number of rotatable bonds is 3. The van der Waals surface area contributed by atoms with E-state index in [2.05, 4.69) is 0 Å². The van der Waals surface area contributed by atoms with E-state index in [0.717, 1.165) is 6.42 Å². The Morgan fingerprint density at radius 2 is 2.06 bits per heavy atom. The van der Waals surface area contributed by atoms with Crippen LogP contribution in [-0.2, 0) is 10.6 Å². The summed E-state index contributed by atoms with van der Waals surface area (Å²) in [5.74, 6) is -1.01. The molecule has 5 heteroatoms. The van der Waals surface area contributed by atoms with Crippen molar-refractivity contribution >= 4 is 17.3 Å². The molecule has 0 aromatic heterocycles. The van der Waals surface area contributed by atoms with Gasteiger partial charge in [0.1, 0.15) is 17.3 Å². The Balaban J connectivity index is 2.27. The monoisotopic (exact) mass is 261 g/mol. The quantitative estimate of drug-likeness (QED) is 0.776. The first-order chi connectivity index (χ1) is 8.15. The molecule has 0 aliphatic carbocycles. The molecule has 1 aliphatic heterocycles. The maximum absolute atomic E-state index is 13.8. The van der Waals surface area contributed by atoms with Gasteiger partial charge in [-0.3, -0.25) is 0 Å². The maximum atomic E-state index is 13.8. The first kappa shape index (κ1) is 12.6. The van der Waals surface area contributed by atoms with Crippen molar-refractivity contribution in [2.45, 2.75) is 18.4 Å². The molecule has 0 spiro atoms. The fraction of sp³-hybridized carbons (Fsp3) is 0.500. The third kappa shape index (κ3) is 2.53. The van der Waals surface area contributed by atoms with Crippen LogP contribution in [-0.4, -0.2) is 26.3 Å². The summed E-state index contributed by atoms with van der Waals surface area (Å²) in [5, 5.41) is 0. The van der Waals surface area contributed by atoms with Gasteiger partial charge in [-0.2, -0.15) is 0 Å². The van der Waals surface area contributed by atoms with Gasteiger partial charge in [0.05, 0.1) is 6.10 Å². The molecule has 1 unspecified atom stereocenters. The van der Waals surface area contributed by atoms with Gasteiger partial charge in [-0.15, -0.1) is 11.6 Å². The lowest BCUT2D eigenvalue weighted by molar-refractivity contribution is 0.121. The highest BCUT2D eigenvalue weighted by Crippen LogP contribution is 2.29. The number of benzene rings is 1. The maximum Gasteiger partial charge on any atom is 0.149 e. The molecule has 2 nitrogen and oxygen atoms in total. The van der Waals surface area contributed by atoms with Gasteiger partial charge in [0.15, 0.2) is 0 Å². The van der Waals surface area contributed by atoms with E-state index in [9.17, 15) is 8.78 Å². The second kappa shape index (κ2) is 5.19. The highest BCUT2D eigenvalue weighted by molar-refractivity contribution is 6.17. The number of halogens is 3. The van der Waals surface area contributed by atoms with E-state index in [-0.39, 0.29) is 17.7 Å². The number of anilines is 1. The van der Waals surface area contributed by atoms with Crippen molar-refractivity contribution in [2.24, 2.45) is 0 Å². The highest BCUT2D eigenvalue weighted by atomic mass is 35.5. The fourth-order valence-corrected chi connectivity index (χ4v) is 2.28. The molecule has 1 atom stereocenters. The normalized spacial score (nSPS) is 20.0. The Bertz CT molecular complexity index is 390. The van der Waals surface area contributed by atoms with Crippen LogP contribution in [0.4, 0.5) is 14.5 Å². The van der Waals surface area contributed by atoms with E-state index in [1.807, 2.05) is 0 Å². The van der Waals surface area contributed by atoms with Gasteiger partial charge in [0.25, 0.3) is 0 Å². The van der Waals surface area contributed by atoms with Crippen molar-refractivity contribution in [1.29, 1.82) is 0 Å². The van der Waals surface area contributed by atoms with Crippen molar-refractivity contribution in [2.75, 3.05) is 25.1 Å². The van der Waals surface area contributed by atoms with Crippen molar-refractivity contribution in [3.8, 4) is 0 Å². The molecular weight excluding hydrogens is 248 g/mol. The molecule has 17 heavy (non-hydrogen) atoms. The zero-order chi connectivity index (χ0) is 12.4. The summed E-state index contributed by atoms with van der Waals surface area (Å²) >= 11 is 5.56. The molecule has 0 amide bonds. The number of hydrogen-bond donors (Lipinski definition) is 0. The summed E-state index contributed by atoms with van der Waals surface area (Å²) in [6.45, 7) is 1.12. The van der Waals surface area contributed by atoms with Crippen molar-refractivity contribution < 1.29 is 13.5 Å². The second-order valence-electron chi connectivity index (χ2n) is 4.13. The van der Waals surface area contributed by atoms with Gasteiger partial charge in [-0.1, -0.05) is 0 Å². The third-order valence-electron chi connectivity index (χ3n) is 3.03. The highest BCUT2D eigenvalue weighted by Gasteiger charge is 2.26. The van der Waals surface area contributed by atoms with E-state index in [0.29, 0.717) is 18.7 Å². The Morgan fingerprint density at radius 3 is 2.53 bits per heavy atom. The molecule has 2 rings (SSSR count). The number of ether oxygens (including phenoxy) is 1. The molecule has 1 saturated heterocycles. The van der Waals surface area contributed by atoms with E-state index in [1.165, 1.54) is 12.1 Å². The van der Waals surface area contributed by atoms with Gasteiger partial charge in [0, 0.05) is 26.1 Å². The predicted octanol–water partition coefficient (Wildman–Crippen LogP) is 2.93. The van der Waals surface area contributed by atoms with Crippen LogP contribution < -0.4 is 4.90 Å². The molecule has 1 aliphatic rings. The minimum atomic E-state index is -0.558. The summed E-state index contributed by atoms with van der Waals surface area (Å²) in [6, 6.07) is 2.57. The minimum absolute atomic E-state index is 0.0263. The van der Waals surface area contributed by atoms with Crippen LogP contribution in [0.2, 0.25) is 0 Å². The number of hydrogen-bond acceptors (Lipinski definition) is 2. The van der Waals surface area contributed by atoms with E-state index < -0.39 is 11.6 Å². The zero-order valence-corrected chi connectivity index (χ0v) is 10.3. The van der Waals surface area contributed by atoms with Gasteiger partial charge in [-0.05, 0) is 24.1 Å². The zero-order valence-electron chi connectivity index (χ0n) is 9.55. The average Bonchev–Trinajstić information content (AvgIpc) is 2.76. The van der Waals surface area contributed by atoms with Crippen LogP contribution in [0.5, 0.6) is 0 Å². The van der Waals surface area contributed by atoms with Gasteiger partial charge >= 0.3 is 0 Å². The summed E-state index contributed by atoms with van der Waals surface area (Å²) < 4.78 is 32.8. The van der Waals surface area contributed by atoms with Crippen LogP contribution in [0, 0.1) is 11.6 Å². The molecule has 94 valence electrons. The van der Waals surface area contributed by atoms with Crippen molar-refractivity contribution in [1.82, 2.24) is 0 Å².